The van der Waals surface area contributed by atoms with Crippen molar-refractivity contribution in [3.63, 3.8) is 0 Å². The second-order valence-electron chi connectivity index (χ2n) is 5.54. The van der Waals surface area contributed by atoms with Gasteiger partial charge in [-0.2, -0.15) is 0 Å². The summed E-state index contributed by atoms with van der Waals surface area (Å²) in [4.78, 5) is 16.6. The molecule has 2 heterocycles. The quantitative estimate of drug-likeness (QED) is 0.826. The lowest BCUT2D eigenvalue weighted by Crippen LogP contribution is -2.35. The molecule has 4 nitrogen and oxygen atoms in total. The van der Waals surface area contributed by atoms with Gasteiger partial charge in [0.15, 0.2) is 16.8 Å². The lowest BCUT2D eigenvalue weighted by atomic mass is 10.1. The van der Waals surface area contributed by atoms with Crippen LogP contribution in [-0.2, 0) is 11.2 Å². The zero-order valence-corrected chi connectivity index (χ0v) is 13.1. The molecule has 24 heavy (non-hydrogen) atoms. The topological polar surface area (TPSA) is 54.0 Å². The monoisotopic (exact) mass is 359 g/mol. The van der Waals surface area contributed by atoms with E-state index >= 15 is 0 Å². The fraction of sp³-hybridized carbons (Fsp3) is 0.333. The number of hydrogen-bond acceptors (Lipinski definition) is 4. The van der Waals surface area contributed by atoms with Crippen LogP contribution in [0, 0.1) is 11.6 Å². The molecule has 1 fully saturated rings. The number of rotatable bonds is 4. The summed E-state index contributed by atoms with van der Waals surface area (Å²) in [6.45, 7) is -0.523. The second kappa shape index (κ2) is 6.48. The summed E-state index contributed by atoms with van der Waals surface area (Å²) in [5, 5.41) is 5.22. The summed E-state index contributed by atoms with van der Waals surface area (Å²) in [6.07, 6.45) is 1.27. The molecule has 3 rings (SSSR count). The van der Waals surface area contributed by atoms with E-state index in [0.29, 0.717) is 12.0 Å². The Hall–Kier alpha value is -2.00. The van der Waals surface area contributed by atoms with Gasteiger partial charge in [-0.15, -0.1) is 11.3 Å². The minimum Gasteiger partial charge on any atom is -0.301 e. The molecule has 1 aliphatic rings. The average Bonchev–Trinajstić information content (AvgIpc) is 3.09. The van der Waals surface area contributed by atoms with Gasteiger partial charge in [-0.25, -0.2) is 22.5 Å². The molecule has 1 amide bonds. The van der Waals surface area contributed by atoms with E-state index < -0.39 is 42.5 Å². The number of thiazole rings is 1. The van der Waals surface area contributed by atoms with Crippen molar-refractivity contribution in [2.75, 3.05) is 11.9 Å². The molecule has 1 unspecified atom stereocenters. The highest BCUT2D eigenvalue weighted by molar-refractivity contribution is 7.15. The summed E-state index contributed by atoms with van der Waals surface area (Å²) >= 11 is 1.15. The van der Waals surface area contributed by atoms with Crippen molar-refractivity contribution in [2.45, 2.75) is 24.8 Å². The average molecular weight is 359 g/mol. The van der Waals surface area contributed by atoms with Crippen molar-refractivity contribution >= 4 is 22.4 Å². The lowest BCUT2D eigenvalue weighted by Gasteiger charge is -2.08. The number of nitrogens with one attached hydrogen (secondary N) is 2. The number of alkyl halides is 2. The maximum atomic E-state index is 13.2. The summed E-state index contributed by atoms with van der Waals surface area (Å²) in [6, 6.07) is 2.64. The normalized spacial score (nSPS) is 19.4. The first kappa shape index (κ1) is 16.8. The number of carbonyl (C=O) groups excluding carboxylic acids is 1. The summed E-state index contributed by atoms with van der Waals surface area (Å²) < 4.78 is 52.3. The first-order valence-electron chi connectivity index (χ1n) is 7.13. The molecule has 1 aromatic heterocycles. The molecule has 0 saturated carbocycles. The van der Waals surface area contributed by atoms with Gasteiger partial charge in [-0.05, 0) is 17.7 Å². The number of halogens is 4. The summed E-state index contributed by atoms with van der Waals surface area (Å²) in [5.74, 6) is -5.31. The Balaban J connectivity index is 1.61. The second-order valence-corrected chi connectivity index (χ2v) is 6.65. The Morgan fingerprint density at radius 2 is 2.17 bits per heavy atom. The Morgan fingerprint density at radius 1 is 1.38 bits per heavy atom. The Kier molecular flexibility index (Phi) is 4.55. The highest BCUT2D eigenvalue weighted by Gasteiger charge is 2.42. The third-order valence-corrected chi connectivity index (χ3v) is 4.49. The number of amides is 1. The van der Waals surface area contributed by atoms with Crippen molar-refractivity contribution < 1.29 is 22.4 Å². The minimum atomic E-state index is -2.89. The van der Waals surface area contributed by atoms with Crippen molar-refractivity contribution in [3.05, 3.63) is 46.5 Å². The van der Waals surface area contributed by atoms with Gasteiger partial charge in [0, 0.05) is 23.9 Å². The van der Waals surface area contributed by atoms with E-state index in [1.54, 1.807) is 0 Å². The summed E-state index contributed by atoms with van der Waals surface area (Å²) in [7, 11) is 0. The van der Waals surface area contributed by atoms with Crippen LogP contribution in [0.5, 0.6) is 0 Å². The van der Waals surface area contributed by atoms with E-state index in [9.17, 15) is 22.4 Å². The third-order valence-electron chi connectivity index (χ3n) is 3.57. The van der Waals surface area contributed by atoms with Crippen molar-refractivity contribution in [3.8, 4) is 0 Å². The van der Waals surface area contributed by atoms with Gasteiger partial charge in [0.25, 0.3) is 5.92 Å². The van der Waals surface area contributed by atoms with Gasteiger partial charge in [0.1, 0.15) is 0 Å². The fourth-order valence-electron chi connectivity index (χ4n) is 2.39. The number of anilines is 1. The van der Waals surface area contributed by atoms with E-state index in [2.05, 4.69) is 15.6 Å². The molecule has 0 spiro atoms. The molecular formula is C15H13F4N3OS. The zero-order valence-electron chi connectivity index (χ0n) is 12.3. The molecule has 1 saturated heterocycles. The van der Waals surface area contributed by atoms with Gasteiger partial charge in [-0.3, -0.25) is 10.1 Å². The van der Waals surface area contributed by atoms with Crippen molar-refractivity contribution in [1.29, 1.82) is 0 Å². The van der Waals surface area contributed by atoms with Crippen LogP contribution in [0.2, 0.25) is 0 Å². The van der Waals surface area contributed by atoms with Gasteiger partial charge < -0.3 is 5.32 Å². The van der Waals surface area contributed by atoms with Gasteiger partial charge in [0.05, 0.1) is 12.6 Å². The number of benzene rings is 1. The maximum absolute atomic E-state index is 13.2. The van der Waals surface area contributed by atoms with Gasteiger partial charge in [-0.1, -0.05) is 6.07 Å². The third kappa shape index (κ3) is 3.90. The molecular weight excluding hydrogens is 346 g/mol. The highest BCUT2D eigenvalue weighted by atomic mass is 32.1. The molecule has 1 aromatic carbocycles. The number of nitrogens with zero attached hydrogens (tertiary/aromatic N) is 1. The minimum absolute atomic E-state index is 0.273. The number of carbonyl (C=O) groups is 1. The van der Waals surface area contributed by atoms with Crippen molar-refractivity contribution in [1.82, 2.24) is 10.3 Å². The maximum Gasteiger partial charge on any atom is 0.262 e. The Bertz CT molecular complexity index is 765. The zero-order chi connectivity index (χ0) is 17.3. The predicted octanol–water partition coefficient (Wildman–Crippen LogP) is 2.95. The highest BCUT2D eigenvalue weighted by Crippen LogP contribution is 2.27. The van der Waals surface area contributed by atoms with Gasteiger partial charge >= 0.3 is 0 Å². The van der Waals surface area contributed by atoms with E-state index in [1.165, 1.54) is 12.3 Å². The lowest BCUT2D eigenvalue weighted by molar-refractivity contribution is -0.118. The van der Waals surface area contributed by atoms with E-state index in [4.69, 9.17) is 0 Å². The van der Waals surface area contributed by atoms with E-state index in [0.717, 1.165) is 28.3 Å². The van der Waals surface area contributed by atoms with Crippen molar-refractivity contribution in [2.24, 2.45) is 0 Å². The Labute approximate surface area is 138 Å². The smallest absolute Gasteiger partial charge is 0.262 e. The molecule has 2 aromatic rings. The molecule has 1 aliphatic heterocycles. The molecule has 128 valence electrons. The van der Waals surface area contributed by atoms with Crippen LogP contribution in [0.4, 0.5) is 22.7 Å². The van der Waals surface area contributed by atoms with Crippen LogP contribution >= 0.6 is 11.3 Å². The van der Waals surface area contributed by atoms with Crippen LogP contribution in [0.3, 0.4) is 0 Å². The molecule has 0 radical (unpaired) electrons. The van der Waals surface area contributed by atoms with Crippen LogP contribution in [0.1, 0.15) is 16.9 Å². The molecule has 2 N–H and O–H groups in total. The number of hydrogen-bond donors (Lipinski definition) is 2. The molecule has 9 heteroatoms. The largest absolute Gasteiger partial charge is 0.301 e. The SMILES string of the molecule is O=C(Nc1ncc(Cc2ccc(F)c(F)c2)s1)C1CC(F)(F)CN1. The molecule has 0 aliphatic carbocycles. The molecule has 0 bridgehead atoms. The van der Waals surface area contributed by atoms with Crippen LogP contribution < -0.4 is 10.6 Å². The van der Waals surface area contributed by atoms with E-state index in [1.807, 2.05) is 0 Å². The standard InChI is InChI=1S/C15H13F4N3OS/c16-10-2-1-8(4-11(10)17)3-9-6-20-14(24-9)22-13(23)12-5-15(18,19)7-21-12/h1-2,4,6,12,21H,3,5,7H2,(H,20,22,23). The predicted molar refractivity (Wildman–Crippen MR) is 81.3 cm³/mol. The molecule has 1 atom stereocenters. The number of aromatic nitrogens is 1. The fourth-order valence-corrected chi connectivity index (χ4v) is 3.24. The van der Waals surface area contributed by atoms with Crippen LogP contribution in [0.25, 0.3) is 0 Å². The summed E-state index contributed by atoms with van der Waals surface area (Å²) in [5.41, 5.74) is 0.563. The first-order chi connectivity index (χ1) is 11.3. The Morgan fingerprint density at radius 3 is 2.83 bits per heavy atom. The van der Waals surface area contributed by atoms with Gasteiger partial charge in [0.2, 0.25) is 5.91 Å². The van der Waals surface area contributed by atoms with Crippen LogP contribution in [-0.4, -0.2) is 29.4 Å². The van der Waals surface area contributed by atoms with E-state index in [-0.39, 0.29) is 5.13 Å². The first-order valence-corrected chi connectivity index (χ1v) is 7.95. The van der Waals surface area contributed by atoms with Crippen LogP contribution in [0.15, 0.2) is 24.4 Å².